The lowest BCUT2D eigenvalue weighted by Crippen LogP contribution is -2.18. The Morgan fingerprint density at radius 1 is 1.04 bits per heavy atom. The standard InChI is InChI=1S/C24H24N2O2/c1-16(19-7-5-4-6-8-19)25-15-18-9-11-23(27-3)21(13-18)20-10-12-24-22(14-20)26-17(2)28-24/h4-14,16,25H,15H2,1-3H3. The van der Waals surface area contributed by atoms with Crippen LogP contribution in [0, 0.1) is 6.92 Å². The van der Waals surface area contributed by atoms with Gasteiger partial charge in [0, 0.05) is 25.1 Å². The van der Waals surface area contributed by atoms with E-state index in [9.17, 15) is 0 Å². The minimum Gasteiger partial charge on any atom is -0.496 e. The molecule has 0 fully saturated rings. The van der Waals surface area contributed by atoms with Gasteiger partial charge in [0.2, 0.25) is 0 Å². The van der Waals surface area contributed by atoms with Gasteiger partial charge in [0.05, 0.1) is 7.11 Å². The maximum Gasteiger partial charge on any atom is 0.192 e. The fourth-order valence-corrected chi connectivity index (χ4v) is 3.43. The molecule has 0 saturated heterocycles. The Morgan fingerprint density at radius 2 is 1.86 bits per heavy atom. The lowest BCUT2D eigenvalue weighted by molar-refractivity contribution is 0.416. The molecule has 4 nitrogen and oxygen atoms in total. The molecule has 4 aromatic rings. The van der Waals surface area contributed by atoms with Crippen molar-refractivity contribution in [1.29, 1.82) is 0 Å². The van der Waals surface area contributed by atoms with E-state index in [1.165, 1.54) is 11.1 Å². The molecule has 3 aromatic carbocycles. The van der Waals surface area contributed by atoms with Crippen molar-refractivity contribution in [3.63, 3.8) is 0 Å². The van der Waals surface area contributed by atoms with Gasteiger partial charge in [-0.2, -0.15) is 0 Å². The first-order valence-electron chi connectivity index (χ1n) is 9.47. The zero-order chi connectivity index (χ0) is 19.5. The number of hydrogen-bond donors (Lipinski definition) is 1. The Labute approximate surface area is 165 Å². The van der Waals surface area contributed by atoms with Crippen LogP contribution in [0.15, 0.2) is 71.1 Å². The molecule has 1 heterocycles. The summed E-state index contributed by atoms with van der Waals surface area (Å²) in [7, 11) is 1.70. The maximum absolute atomic E-state index is 5.60. The monoisotopic (exact) mass is 372 g/mol. The molecule has 0 aliphatic rings. The molecule has 0 aliphatic carbocycles. The van der Waals surface area contributed by atoms with Gasteiger partial charge in [-0.05, 0) is 47.9 Å². The zero-order valence-electron chi connectivity index (χ0n) is 16.4. The van der Waals surface area contributed by atoms with E-state index in [2.05, 4.69) is 59.7 Å². The van der Waals surface area contributed by atoms with Crippen LogP contribution in [0.3, 0.4) is 0 Å². The van der Waals surface area contributed by atoms with Crippen molar-refractivity contribution >= 4 is 11.1 Å². The molecule has 1 aromatic heterocycles. The molecular weight excluding hydrogens is 348 g/mol. The number of nitrogens with one attached hydrogen (secondary N) is 1. The van der Waals surface area contributed by atoms with Gasteiger partial charge in [0.25, 0.3) is 0 Å². The van der Waals surface area contributed by atoms with E-state index in [0.29, 0.717) is 5.89 Å². The second-order valence-electron chi connectivity index (χ2n) is 6.96. The average molecular weight is 372 g/mol. The second kappa shape index (κ2) is 7.87. The molecule has 0 spiro atoms. The Bertz CT molecular complexity index is 1090. The molecule has 142 valence electrons. The molecule has 0 saturated carbocycles. The van der Waals surface area contributed by atoms with Crippen molar-refractivity contribution in [2.24, 2.45) is 0 Å². The third kappa shape index (κ3) is 3.78. The summed E-state index contributed by atoms with van der Waals surface area (Å²) >= 11 is 0. The highest BCUT2D eigenvalue weighted by molar-refractivity contribution is 5.82. The predicted octanol–water partition coefficient (Wildman–Crippen LogP) is 5.66. The van der Waals surface area contributed by atoms with Crippen LogP contribution in [-0.2, 0) is 6.54 Å². The Kier molecular flexibility index (Phi) is 5.13. The van der Waals surface area contributed by atoms with Gasteiger partial charge < -0.3 is 14.5 Å². The number of nitrogens with zero attached hydrogens (tertiary/aromatic N) is 1. The Morgan fingerprint density at radius 3 is 2.64 bits per heavy atom. The minimum absolute atomic E-state index is 0.279. The molecule has 28 heavy (non-hydrogen) atoms. The van der Waals surface area contributed by atoms with Gasteiger partial charge in [-0.25, -0.2) is 4.98 Å². The summed E-state index contributed by atoms with van der Waals surface area (Å²) in [6.07, 6.45) is 0. The first-order chi connectivity index (χ1) is 13.6. The summed E-state index contributed by atoms with van der Waals surface area (Å²) in [5, 5.41) is 3.60. The van der Waals surface area contributed by atoms with Crippen LogP contribution in [0.4, 0.5) is 0 Å². The summed E-state index contributed by atoms with van der Waals surface area (Å²) in [6, 6.07) is 23.1. The fraction of sp³-hybridized carbons (Fsp3) is 0.208. The molecule has 4 rings (SSSR count). The van der Waals surface area contributed by atoms with Crippen molar-refractivity contribution < 1.29 is 9.15 Å². The lowest BCUT2D eigenvalue weighted by atomic mass is 10.0. The molecule has 0 amide bonds. The largest absolute Gasteiger partial charge is 0.496 e. The summed E-state index contributed by atoms with van der Waals surface area (Å²) < 4.78 is 11.2. The number of aryl methyl sites for hydroxylation is 1. The number of fused-ring (bicyclic) bond motifs is 1. The molecule has 1 atom stereocenters. The molecule has 1 N–H and O–H groups in total. The van der Waals surface area contributed by atoms with Gasteiger partial charge in [-0.15, -0.1) is 0 Å². The van der Waals surface area contributed by atoms with E-state index >= 15 is 0 Å². The highest BCUT2D eigenvalue weighted by Gasteiger charge is 2.11. The van der Waals surface area contributed by atoms with Crippen LogP contribution < -0.4 is 10.1 Å². The zero-order valence-corrected chi connectivity index (χ0v) is 16.4. The van der Waals surface area contributed by atoms with Crippen molar-refractivity contribution in [3.8, 4) is 16.9 Å². The molecule has 0 radical (unpaired) electrons. The van der Waals surface area contributed by atoms with E-state index in [-0.39, 0.29) is 6.04 Å². The third-order valence-corrected chi connectivity index (χ3v) is 4.98. The number of benzene rings is 3. The van der Waals surface area contributed by atoms with E-state index < -0.39 is 0 Å². The van der Waals surface area contributed by atoms with Crippen LogP contribution >= 0.6 is 0 Å². The minimum atomic E-state index is 0.279. The number of ether oxygens (including phenoxy) is 1. The summed E-state index contributed by atoms with van der Waals surface area (Å²) in [4.78, 5) is 4.45. The highest BCUT2D eigenvalue weighted by atomic mass is 16.5. The van der Waals surface area contributed by atoms with Gasteiger partial charge in [-0.1, -0.05) is 42.5 Å². The van der Waals surface area contributed by atoms with Gasteiger partial charge in [-0.3, -0.25) is 0 Å². The van der Waals surface area contributed by atoms with Crippen LogP contribution in [0.5, 0.6) is 5.75 Å². The second-order valence-corrected chi connectivity index (χ2v) is 6.96. The first-order valence-corrected chi connectivity index (χ1v) is 9.47. The Balaban J connectivity index is 1.60. The van der Waals surface area contributed by atoms with Gasteiger partial charge in [0.1, 0.15) is 11.3 Å². The molecule has 0 aliphatic heterocycles. The number of methoxy groups -OCH3 is 1. The smallest absolute Gasteiger partial charge is 0.192 e. The fourth-order valence-electron chi connectivity index (χ4n) is 3.43. The average Bonchev–Trinajstić information content (AvgIpc) is 3.11. The third-order valence-electron chi connectivity index (χ3n) is 4.98. The van der Waals surface area contributed by atoms with Gasteiger partial charge >= 0.3 is 0 Å². The van der Waals surface area contributed by atoms with E-state index in [4.69, 9.17) is 9.15 Å². The first kappa shape index (κ1) is 18.3. The Hall–Kier alpha value is -3.11. The van der Waals surface area contributed by atoms with Crippen LogP contribution in [0.1, 0.15) is 30.0 Å². The molecule has 0 bridgehead atoms. The van der Waals surface area contributed by atoms with Crippen LogP contribution in [-0.4, -0.2) is 12.1 Å². The van der Waals surface area contributed by atoms with Crippen LogP contribution in [0.25, 0.3) is 22.2 Å². The van der Waals surface area contributed by atoms with Crippen LogP contribution in [0.2, 0.25) is 0 Å². The number of aromatic nitrogens is 1. The lowest BCUT2D eigenvalue weighted by Gasteiger charge is -2.16. The normalized spacial score (nSPS) is 12.2. The van der Waals surface area contributed by atoms with Gasteiger partial charge in [0.15, 0.2) is 11.5 Å². The predicted molar refractivity (Wildman–Crippen MR) is 112 cm³/mol. The quantitative estimate of drug-likeness (QED) is 0.474. The summed E-state index contributed by atoms with van der Waals surface area (Å²) in [6.45, 7) is 4.82. The number of rotatable bonds is 6. The van der Waals surface area contributed by atoms with Crippen molar-refractivity contribution in [2.45, 2.75) is 26.4 Å². The number of hydrogen-bond acceptors (Lipinski definition) is 4. The molecule has 1 unspecified atom stereocenters. The molecule has 4 heteroatoms. The van der Waals surface area contributed by atoms with Crippen molar-refractivity contribution in [1.82, 2.24) is 10.3 Å². The van der Waals surface area contributed by atoms with E-state index in [0.717, 1.165) is 34.5 Å². The maximum atomic E-state index is 5.60. The highest BCUT2D eigenvalue weighted by Crippen LogP contribution is 2.33. The van der Waals surface area contributed by atoms with E-state index in [1.807, 2.05) is 31.2 Å². The summed E-state index contributed by atoms with van der Waals surface area (Å²) in [5.41, 5.74) is 6.26. The SMILES string of the molecule is COc1ccc(CNC(C)c2ccccc2)cc1-c1ccc2oc(C)nc2c1. The molecular formula is C24H24N2O2. The number of oxazole rings is 1. The van der Waals surface area contributed by atoms with E-state index in [1.54, 1.807) is 7.11 Å². The van der Waals surface area contributed by atoms with Crippen molar-refractivity contribution in [3.05, 3.63) is 83.7 Å². The van der Waals surface area contributed by atoms with Crippen molar-refractivity contribution in [2.75, 3.05) is 7.11 Å². The summed E-state index contributed by atoms with van der Waals surface area (Å²) in [5.74, 6) is 1.52. The topological polar surface area (TPSA) is 47.3 Å².